The van der Waals surface area contributed by atoms with Gasteiger partial charge in [-0.2, -0.15) is 5.10 Å². The molecule has 18 heteroatoms. The number of anilines is 3. The Hall–Kier alpha value is -6.62. The molecule has 5 aromatic rings. The van der Waals surface area contributed by atoms with Gasteiger partial charge in [0.15, 0.2) is 5.69 Å². The van der Waals surface area contributed by atoms with Crippen molar-refractivity contribution < 1.29 is 46.5 Å². The monoisotopic (exact) mass is 731 g/mol. The highest BCUT2D eigenvalue weighted by atomic mass is 35.5. The molecule has 52 heavy (non-hydrogen) atoms. The Bertz CT molecular complexity index is 2140. The minimum absolute atomic E-state index is 0. The number of nitrogens with zero attached hydrogens (tertiary/aromatic N) is 5. The number of amides is 4. The second-order valence-corrected chi connectivity index (χ2v) is 11.7. The first-order valence-corrected chi connectivity index (χ1v) is 15.6. The molecule has 0 aliphatic rings. The molecule has 4 amide bonds. The molecule has 0 saturated heterocycles. The summed E-state index contributed by atoms with van der Waals surface area (Å²) in [4.78, 5) is 64.5. The number of carbonyl (C=O) groups excluding carboxylic acids is 5. The van der Waals surface area contributed by atoms with Crippen LogP contribution in [0.25, 0.3) is 0 Å². The lowest BCUT2D eigenvalue weighted by Crippen LogP contribution is -3.00. The molecule has 0 aliphatic carbocycles. The molecule has 1 aromatic carbocycles. The number of rotatable bonds is 13. The first kappa shape index (κ1) is 38.2. The van der Waals surface area contributed by atoms with E-state index in [1.54, 1.807) is 48.9 Å². The van der Waals surface area contributed by atoms with Crippen molar-refractivity contribution in [1.82, 2.24) is 28.8 Å². The van der Waals surface area contributed by atoms with Gasteiger partial charge in [-0.15, -0.1) is 0 Å². The lowest BCUT2D eigenvalue weighted by molar-refractivity contribution is -0.117. The van der Waals surface area contributed by atoms with Crippen LogP contribution in [0.2, 0.25) is 0 Å². The van der Waals surface area contributed by atoms with Crippen LogP contribution in [0.15, 0.2) is 73.2 Å². The SMILES string of the molecule is Cn1cc(NC(=O)c2cc(NC(=O)c3cc(NC(=O)c4cc(C(=O)OCc5ccccc5)nn4C)cn3C)cn2C)cc1C(=O)NCCC(N)=[NH2+].[Cl-]. The quantitative estimate of drug-likeness (QED) is 0.0441. The van der Waals surface area contributed by atoms with Crippen LogP contribution < -0.4 is 44.8 Å². The molecule has 0 atom stereocenters. The van der Waals surface area contributed by atoms with Crippen molar-refractivity contribution >= 4 is 52.5 Å². The molecule has 0 fully saturated rings. The highest BCUT2D eigenvalue weighted by molar-refractivity contribution is 6.09. The zero-order chi connectivity index (χ0) is 36.8. The summed E-state index contributed by atoms with van der Waals surface area (Å²) in [6.07, 6.45) is 5.07. The highest BCUT2D eigenvalue weighted by Crippen LogP contribution is 2.20. The maximum atomic E-state index is 13.2. The first-order valence-electron chi connectivity index (χ1n) is 15.6. The number of hydrogen-bond donors (Lipinski definition) is 6. The number of esters is 1. The number of carbonyl (C=O) groups is 5. The van der Waals surface area contributed by atoms with Gasteiger partial charge in [-0.25, -0.2) is 4.79 Å². The molecule has 0 radical (unpaired) electrons. The third kappa shape index (κ3) is 9.13. The first-order chi connectivity index (χ1) is 24.3. The molecule has 8 N–H and O–H groups in total. The third-order valence-corrected chi connectivity index (χ3v) is 7.72. The Morgan fingerprint density at radius 3 is 1.65 bits per heavy atom. The van der Waals surface area contributed by atoms with Crippen molar-refractivity contribution in [1.29, 1.82) is 0 Å². The van der Waals surface area contributed by atoms with Crippen LogP contribution in [0.1, 0.15) is 64.4 Å². The van der Waals surface area contributed by atoms with Gasteiger partial charge < -0.3 is 52.1 Å². The molecule has 4 heterocycles. The number of halogens is 1. The van der Waals surface area contributed by atoms with Crippen LogP contribution in [-0.2, 0) is 39.5 Å². The number of nitrogens with two attached hydrogens (primary N) is 2. The topological polar surface area (TPSA) is 227 Å². The Balaban J connectivity index is 0.00000605. The summed E-state index contributed by atoms with van der Waals surface area (Å²) in [6, 6.07) is 15.0. The van der Waals surface area contributed by atoms with Gasteiger partial charge in [0.2, 0.25) is 5.84 Å². The van der Waals surface area contributed by atoms with Crippen molar-refractivity contribution in [2.75, 3.05) is 22.5 Å². The maximum Gasteiger partial charge on any atom is 0.359 e. The van der Waals surface area contributed by atoms with E-state index in [1.165, 1.54) is 40.6 Å². The molecular weight excluding hydrogens is 694 g/mol. The number of nitrogens with one attached hydrogen (secondary N) is 4. The smallest absolute Gasteiger partial charge is 0.359 e. The summed E-state index contributed by atoms with van der Waals surface area (Å²) in [5.74, 6) is -2.32. The van der Waals surface area contributed by atoms with Crippen LogP contribution >= 0.6 is 0 Å². The van der Waals surface area contributed by atoms with E-state index in [2.05, 4.69) is 26.4 Å². The molecule has 17 nitrogen and oxygen atoms in total. The van der Waals surface area contributed by atoms with Gasteiger partial charge in [-0.05, 0) is 23.8 Å². The van der Waals surface area contributed by atoms with Gasteiger partial charge in [0.1, 0.15) is 29.4 Å². The molecular formula is C34H38ClN11O6. The third-order valence-electron chi connectivity index (χ3n) is 7.72. The number of aromatic nitrogens is 5. The second kappa shape index (κ2) is 16.4. The second-order valence-electron chi connectivity index (χ2n) is 11.7. The number of amidine groups is 1. The Morgan fingerprint density at radius 2 is 1.17 bits per heavy atom. The van der Waals surface area contributed by atoms with Crippen molar-refractivity contribution in [3.63, 3.8) is 0 Å². The fourth-order valence-corrected chi connectivity index (χ4v) is 5.15. The zero-order valence-corrected chi connectivity index (χ0v) is 29.5. The predicted octanol–water partition coefficient (Wildman–Crippen LogP) is -2.21. The molecule has 0 unspecified atom stereocenters. The fraction of sp³-hybridized carbons (Fsp3) is 0.206. The zero-order valence-electron chi connectivity index (χ0n) is 28.8. The molecule has 0 aliphatic heterocycles. The Labute approximate surface area is 304 Å². The van der Waals surface area contributed by atoms with Gasteiger partial charge in [0, 0.05) is 59.4 Å². The van der Waals surface area contributed by atoms with E-state index < -0.39 is 23.7 Å². The summed E-state index contributed by atoms with van der Waals surface area (Å²) >= 11 is 0. The predicted molar refractivity (Wildman–Crippen MR) is 187 cm³/mol. The van der Waals surface area contributed by atoms with E-state index in [-0.39, 0.29) is 60.1 Å². The minimum atomic E-state index is -0.674. The number of aryl methyl sites for hydroxylation is 4. The highest BCUT2D eigenvalue weighted by Gasteiger charge is 2.22. The summed E-state index contributed by atoms with van der Waals surface area (Å²) in [6.45, 7) is 0.332. The van der Waals surface area contributed by atoms with Crippen molar-refractivity contribution in [2.45, 2.75) is 13.0 Å². The standard InChI is InChI=1S/C34H37N11O6.ClH/c1-42-16-21(12-25(42)30(46)37-11-10-29(35)36)38-31(47)26-13-22(17-43(26)2)39-32(48)27-14-23(18-44(27)3)40-33(49)28-15-24(41-45(28)4)34(50)51-19-20-8-6-5-7-9-20;/h5-9,12-18H,10-11,19H2,1-4H3,(H3,35,36)(H,37,46)(H,38,47)(H,39,48)(H,40,49);1H. The van der Waals surface area contributed by atoms with Crippen LogP contribution in [0.5, 0.6) is 0 Å². The van der Waals surface area contributed by atoms with Gasteiger partial charge in [0.05, 0.1) is 23.5 Å². The summed E-state index contributed by atoms with van der Waals surface area (Å²) in [5.41, 5.74) is 8.19. The maximum absolute atomic E-state index is 13.2. The van der Waals surface area contributed by atoms with E-state index >= 15 is 0 Å². The van der Waals surface area contributed by atoms with Gasteiger partial charge in [0.25, 0.3) is 23.6 Å². The molecule has 4 aromatic heterocycles. The van der Waals surface area contributed by atoms with Gasteiger partial charge in [-0.3, -0.25) is 35.0 Å². The van der Waals surface area contributed by atoms with Crippen LogP contribution in [0, 0.1) is 0 Å². The summed E-state index contributed by atoms with van der Waals surface area (Å²) < 4.78 is 11.2. The molecule has 272 valence electrons. The van der Waals surface area contributed by atoms with Gasteiger partial charge in [-0.1, -0.05) is 30.3 Å². The molecule has 5 rings (SSSR count). The van der Waals surface area contributed by atoms with E-state index in [4.69, 9.17) is 15.9 Å². The normalized spacial score (nSPS) is 10.5. The van der Waals surface area contributed by atoms with Crippen molar-refractivity contribution in [3.05, 3.63) is 107 Å². The van der Waals surface area contributed by atoms with E-state index in [0.29, 0.717) is 29.2 Å². The van der Waals surface area contributed by atoms with E-state index in [1.807, 2.05) is 30.3 Å². The lowest BCUT2D eigenvalue weighted by atomic mass is 10.2. The Kier molecular flexibility index (Phi) is 12.0. The molecule has 0 bridgehead atoms. The molecule has 0 spiro atoms. The fourth-order valence-electron chi connectivity index (χ4n) is 5.15. The number of hydrogen-bond acceptors (Lipinski definition) is 7. The Morgan fingerprint density at radius 1 is 0.712 bits per heavy atom. The minimum Gasteiger partial charge on any atom is -1.00 e. The van der Waals surface area contributed by atoms with Crippen molar-refractivity contribution in [3.8, 4) is 0 Å². The lowest BCUT2D eigenvalue weighted by Gasteiger charge is -2.03. The summed E-state index contributed by atoms with van der Waals surface area (Å²) in [7, 11) is 6.49. The van der Waals surface area contributed by atoms with Crippen molar-refractivity contribution in [2.24, 2.45) is 33.9 Å². The van der Waals surface area contributed by atoms with E-state index in [0.717, 1.165) is 5.56 Å². The average molecular weight is 732 g/mol. The largest absolute Gasteiger partial charge is 1.00 e. The summed E-state index contributed by atoms with van der Waals surface area (Å²) in [5, 5.41) is 20.5. The molecule has 0 saturated carbocycles. The van der Waals surface area contributed by atoms with Gasteiger partial charge >= 0.3 is 5.97 Å². The number of benzene rings is 1. The average Bonchev–Trinajstić information content (AvgIpc) is 3.85. The van der Waals surface area contributed by atoms with Crippen LogP contribution in [0.4, 0.5) is 17.1 Å². The van der Waals surface area contributed by atoms with E-state index in [9.17, 15) is 24.0 Å². The number of ether oxygens (including phenoxy) is 1. The van der Waals surface area contributed by atoms with Crippen LogP contribution in [-0.4, -0.2) is 65.5 Å². The van der Waals surface area contributed by atoms with Crippen LogP contribution in [0.3, 0.4) is 0 Å².